The Morgan fingerprint density at radius 2 is 2.00 bits per heavy atom. The standard InChI is InChI=1S/C12H10N6O/c13-11(19)18-12-16-8(7-4-2-1-3-5-7)9-10(17-12)15-6-14-9/h1-6H,(H4,13,14,15,16,17,18,19). The summed E-state index contributed by atoms with van der Waals surface area (Å²) >= 11 is 0. The first-order valence-electron chi connectivity index (χ1n) is 5.57. The third-order valence-corrected chi connectivity index (χ3v) is 2.57. The molecule has 0 fully saturated rings. The van der Waals surface area contributed by atoms with Gasteiger partial charge in [-0.15, -0.1) is 0 Å². The molecule has 3 aromatic rings. The molecule has 0 radical (unpaired) electrons. The summed E-state index contributed by atoms with van der Waals surface area (Å²) in [7, 11) is 0. The lowest BCUT2D eigenvalue weighted by Gasteiger charge is -2.05. The van der Waals surface area contributed by atoms with E-state index in [0.717, 1.165) is 5.56 Å². The maximum Gasteiger partial charge on any atom is 0.319 e. The van der Waals surface area contributed by atoms with Gasteiger partial charge in [0.25, 0.3) is 0 Å². The number of nitrogens with one attached hydrogen (secondary N) is 2. The molecular weight excluding hydrogens is 244 g/mol. The second kappa shape index (κ2) is 4.37. The number of primary amides is 1. The van der Waals surface area contributed by atoms with E-state index in [4.69, 9.17) is 5.73 Å². The first-order chi connectivity index (χ1) is 9.24. The number of carbonyl (C=O) groups is 1. The molecule has 2 aromatic heterocycles. The van der Waals surface area contributed by atoms with Crippen molar-refractivity contribution in [3.63, 3.8) is 0 Å². The quantitative estimate of drug-likeness (QED) is 0.643. The summed E-state index contributed by atoms with van der Waals surface area (Å²) in [6, 6.07) is 8.83. The Hall–Kier alpha value is -2.96. The number of benzene rings is 1. The van der Waals surface area contributed by atoms with Crippen LogP contribution in [0.15, 0.2) is 36.7 Å². The summed E-state index contributed by atoms with van der Waals surface area (Å²) in [5, 5.41) is 2.36. The van der Waals surface area contributed by atoms with Gasteiger partial charge in [-0.3, -0.25) is 5.32 Å². The number of rotatable bonds is 2. The molecule has 0 aliphatic rings. The van der Waals surface area contributed by atoms with Crippen LogP contribution in [0.25, 0.3) is 22.4 Å². The second-order valence-electron chi connectivity index (χ2n) is 3.85. The smallest absolute Gasteiger partial charge is 0.319 e. The molecule has 0 saturated heterocycles. The van der Waals surface area contributed by atoms with Crippen LogP contribution in [-0.2, 0) is 0 Å². The van der Waals surface area contributed by atoms with Gasteiger partial charge >= 0.3 is 6.03 Å². The molecule has 3 rings (SSSR count). The maximum atomic E-state index is 10.9. The third-order valence-electron chi connectivity index (χ3n) is 2.57. The Morgan fingerprint density at radius 3 is 2.74 bits per heavy atom. The van der Waals surface area contributed by atoms with Crippen LogP contribution in [0.5, 0.6) is 0 Å². The normalized spacial score (nSPS) is 10.5. The average Bonchev–Trinajstić information content (AvgIpc) is 2.86. The number of anilines is 1. The SMILES string of the molecule is NC(=O)Nc1nc(-c2ccccc2)c2[nH]cnc2n1. The number of fused-ring (bicyclic) bond motifs is 1. The van der Waals surface area contributed by atoms with Gasteiger partial charge < -0.3 is 10.7 Å². The number of nitrogens with zero attached hydrogens (tertiary/aromatic N) is 3. The van der Waals surface area contributed by atoms with Crippen LogP contribution in [0.1, 0.15) is 0 Å². The van der Waals surface area contributed by atoms with Crippen LogP contribution in [0, 0.1) is 0 Å². The molecule has 7 nitrogen and oxygen atoms in total. The van der Waals surface area contributed by atoms with Gasteiger partial charge in [0.1, 0.15) is 11.2 Å². The highest BCUT2D eigenvalue weighted by molar-refractivity contribution is 5.91. The minimum atomic E-state index is -0.714. The number of amides is 2. The number of carbonyl (C=O) groups excluding carboxylic acids is 1. The first-order valence-corrected chi connectivity index (χ1v) is 5.57. The fourth-order valence-electron chi connectivity index (χ4n) is 1.80. The van der Waals surface area contributed by atoms with E-state index in [1.807, 2.05) is 30.3 Å². The zero-order chi connectivity index (χ0) is 13.2. The van der Waals surface area contributed by atoms with Gasteiger partial charge in [-0.1, -0.05) is 30.3 Å². The Labute approximate surface area is 107 Å². The zero-order valence-corrected chi connectivity index (χ0v) is 9.79. The van der Waals surface area contributed by atoms with E-state index < -0.39 is 6.03 Å². The minimum Gasteiger partial charge on any atom is -0.351 e. The minimum absolute atomic E-state index is 0.131. The van der Waals surface area contributed by atoms with Crippen molar-refractivity contribution in [1.29, 1.82) is 0 Å². The number of aromatic amines is 1. The van der Waals surface area contributed by atoms with E-state index in [1.54, 1.807) is 0 Å². The average molecular weight is 254 g/mol. The summed E-state index contributed by atoms with van der Waals surface area (Å²) in [5.74, 6) is 0.131. The lowest BCUT2D eigenvalue weighted by molar-refractivity contribution is 0.259. The van der Waals surface area contributed by atoms with Gasteiger partial charge in [-0.05, 0) is 0 Å². The maximum absolute atomic E-state index is 10.9. The number of imidazole rings is 1. The lowest BCUT2D eigenvalue weighted by atomic mass is 10.1. The largest absolute Gasteiger partial charge is 0.351 e. The number of urea groups is 1. The van der Waals surface area contributed by atoms with Gasteiger partial charge in [-0.25, -0.2) is 14.8 Å². The van der Waals surface area contributed by atoms with Crippen molar-refractivity contribution in [3.05, 3.63) is 36.7 Å². The molecule has 94 valence electrons. The summed E-state index contributed by atoms with van der Waals surface area (Å²) in [4.78, 5) is 26.3. The van der Waals surface area contributed by atoms with E-state index in [-0.39, 0.29) is 5.95 Å². The predicted octanol–water partition coefficient (Wildman–Crippen LogP) is 1.51. The Balaban J connectivity index is 2.21. The predicted molar refractivity (Wildman–Crippen MR) is 70.3 cm³/mol. The number of aromatic nitrogens is 4. The molecule has 0 unspecified atom stereocenters. The van der Waals surface area contributed by atoms with E-state index in [2.05, 4.69) is 25.3 Å². The molecule has 4 N–H and O–H groups in total. The molecule has 0 spiro atoms. The van der Waals surface area contributed by atoms with E-state index in [0.29, 0.717) is 16.9 Å². The van der Waals surface area contributed by atoms with Crippen molar-refractivity contribution < 1.29 is 4.79 Å². The van der Waals surface area contributed by atoms with Gasteiger partial charge in [0.15, 0.2) is 5.65 Å². The lowest BCUT2D eigenvalue weighted by Crippen LogP contribution is -2.21. The van der Waals surface area contributed by atoms with Crippen molar-refractivity contribution in [3.8, 4) is 11.3 Å². The number of nitrogens with two attached hydrogens (primary N) is 1. The highest BCUT2D eigenvalue weighted by Gasteiger charge is 2.12. The van der Waals surface area contributed by atoms with E-state index >= 15 is 0 Å². The molecule has 0 saturated carbocycles. The third kappa shape index (κ3) is 2.08. The second-order valence-corrected chi connectivity index (χ2v) is 3.85. The number of H-pyrrole nitrogens is 1. The van der Waals surface area contributed by atoms with Gasteiger partial charge in [-0.2, -0.15) is 4.98 Å². The highest BCUT2D eigenvalue weighted by atomic mass is 16.2. The first kappa shape index (κ1) is 11.1. The van der Waals surface area contributed by atoms with Gasteiger partial charge in [0, 0.05) is 5.56 Å². The molecule has 0 aliphatic heterocycles. The molecule has 1 aromatic carbocycles. The summed E-state index contributed by atoms with van der Waals surface area (Å²) in [6.07, 6.45) is 1.53. The Kier molecular flexibility index (Phi) is 2.57. The summed E-state index contributed by atoms with van der Waals surface area (Å²) in [5.41, 5.74) is 7.81. The molecule has 19 heavy (non-hydrogen) atoms. The fraction of sp³-hybridized carbons (Fsp3) is 0. The molecule has 0 aliphatic carbocycles. The van der Waals surface area contributed by atoms with Crippen molar-refractivity contribution >= 4 is 23.1 Å². The summed E-state index contributed by atoms with van der Waals surface area (Å²) < 4.78 is 0. The molecule has 7 heteroatoms. The Bertz CT molecular complexity index is 736. The van der Waals surface area contributed by atoms with Crippen molar-refractivity contribution in [2.75, 3.05) is 5.32 Å². The topological polar surface area (TPSA) is 110 Å². The van der Waals surface area contributed by atoms with Crippen LogP contribution < -0.4 is 11.1 Å². The van der Waals surface area contributed by atoms with Crippen LogP contribution in [0.2, 0.25) is 0 Å². The van der Waals surface area contributed by atoms with Gasteiger partial charge in [0.05, 0.1) is 6.33 Å². The molecular formula is C12H10N6O. The molecule has 0 bridgehead atoms. The monoisotopic (exact) mass is 254 g/mol. The van der Waals surface area contributed by atoms with Crippen LogP contribution in [-0.4, -0.2) is 26.0 Å². The van der Waals surface area contributed by atoms with Crippen molar-refractivity contribution in [1.82, 2.24) is 19.9 Å². The van der Waals surface area contributed by atoms with E-state index in [9.17, 15) is 4.79 Å². The van der Waals surface area contributed by atoms with E-state index in [1.165, 1.54) is 6.33 Å². The van der Waals surface area contributed by atoms with Crippen molar-refractivity contribution in [2.24, 2.45) is 5.73 Å². The van der Waals surface area contributed by atoms with Gasteiger partial charge in [0.2, 0.25) is 5.95 Å². The van der Waals surface area contributed by atoms with Crippen molar-refractivity contribution in [2.45, 2.75) is 0 Å². The number of hydrogen-bond donors (Lipinski definition) is 3. The highest BCUT2D eigenvalue weighted by Crippen LogP contribution is 2.24. The van der Waals surface area contributed by atoms with Crippen LogP contribution in [0.4, 0.5) is 10.7 Å². The number of hydrogen-bond acceptors (Lipinski definition) is 4. The van der Waals surface area contributed by atoms with Crippen LogP contribution >= 0.6 is 0 Å². The molecule has 2 heterocycles. The fourth-order valence-corrected chi connectivity index (χ4v) is 1.80. The summed E-state index contributed by atoms with van der Waals surface area (Å²) in [6.45, 7) is 0. The zero-order valence-electron chi connectivity index (χ0n) is 9.79. The molecule has 0 atom stereocenters. The Morgan fingerprint density at radius 1 is 1.21 bits per heavy atom. The molecule has 2 amide bonds. The van der Waals surface area contributed by atoms with Crippen LogP contribution in [0.3, 0.4) is 0 Å².